The van der Waals surface area contributed by atoms with Gasteiger partial charge in [-0.1, -0.05) is 20.8 Å². The molecule has 4 fully saturated rings. The summed E-state index contributed by atoms with van der Waals surface area (Å²) < 4.78 is 5.57. The van der Waals surface area contributed by atoms with Gasteiger partial charge in [-0.3, -0.25) is 9.59 Å². The van der Waals surface area contributed by atoms with Gasteiger partial charge < -0.3 is 9.84 Å². The zero-order chi connectivity index (χ0) is 20.3. The molecule has 0 aromatic rings. The molecule has 0 saturated heterocycles. The van der Waals surface area contributed by atoms with Gasteiger partial charge in [0.25, 0.3) is 0 Å². The molecule has 0 bridgehead atoms. The Kier molecular flexibility index (Phi) is 5.07. The summed E-state index contributed by atoms with van der Waals surface area (Å²) in [6.07, 6.45) is 10.6. The van der Waals surface area contributed by atoms with Crippen LogP contribution < -0.4 is 0 Å². The minimum Gasteiger partial charge on any atom is -0.481 e. The van der Waals surface area contributed by atoms with Crippen molar-refractivity contribution in [3.8, 4) is 0 Å². The Morgan fingerprint density at radius 1 is 0.964 bits per heavy atom. The van der Waals surface area contributed by atoms with Crippen LogP contribution in [0.15, 0.2) is 0 Å². The fraction of sp³-hybridized carbons (Fsp3) is 0.917. The van der Waals surface area contributed by atoms with Crippen LogP contribution in [-0.4, -0.2) is 23.1 Å². The number of fused-ring (bicyclic) bond motifs is 5. The third-order valence-corrected chi connectivity index (χ3v) is 10.0. The molecule has 9 atom stereocenters. The van der Waals surface area contributed by atoms with E-state index in [4.69, 9.17) is 4.74 Å². The lowest BCUT2D eigenvalue weighted by atomic mass is 9.44. The predicted molar refractivity (Wildman–Crippen MR) is 108 cm³/mol. The van der Waals surface area contributed by atoms with Crippen LogP contribution in [-0.2, 0) is 14.3 Å². The smallest absolute Gasteiger partial charge is 0.306 e. The summed E-state index contributed by atoms with van der Waals surface area (Å²) in [5.74, 6) is 2.25. The summed E-state index contributed by atoms with van der Waals surface area (Å²) in [5, 5.41) is 9.63. The first-order valence-electron chi connectivity index (χ1n) is 11.6. The number of carboxylic acid groups (broad SMARTS) is 1. The van der Waals surface area contributed by atoms with Crippen molar-refractivity contribution in [1.29, 1.82) is 0 Å². The number of carboxylic acids is 1. The third kappa shape index (κ3) is 3.01. The zero-order valence-corrected chi connectivity index (χ0v) is 18.1. The monoisotopic (exact) mass is 390 g/mol. The molecule has 0 aliphatic heterocycles. The van der Waals surface area contributed by atoms with Crippen LogP contribution >= 0.6 is 0 Å². The lowest BCUT2D eigenvalue weighted by molar-refractivity contribution is -0.161. The summed E-state index contributed by atoms with van der Waals surface area (Å²) in [4.78, 5) is 23.1. The Morgan fingerprint density at radius 2 is 1.64 bits per heavy atom. The molecule has 4 aliphatic carbocycles. The van der Waals surface area contributed by atoms with Crippen molar-refractivity contribution in [2.45, 2.75) is 91.6 Å². The normalized spacial score (nSPS) is 48.7. The number of carbonyl (C=O) groups excluding carboxylic acids is 1. The number of hydrogen-bond acceptors (Lipinski definition) is 3. The van der Waals surface area contributed by atoms with Crippen LogP contribution in [0.4, 0.5) is 0 Å². The van der Waals surface area contributed by atoms with E-state index in [1.165, 1.54) is 45.4 Å². The van der Waals surface area contributed by atoms with Gasteiger partial charge in [0.1, 0.15) is 6.10 Å². The fourth-order valence-electron chi connectivity index (χ4n) is 8.59. The molecular weight excluding hydrogens is 352 g/mol. The van der Waals surface area contributed by atoms with Gasteiger partial charge in [-0.15, -0.1) is 0 Å². The summed E-state index contributed by atoms with van der Waals surface area (Å²) in [6, 6.07) is 0. The molecule has 0 spiro atoms. The third-order valence-electron chi connectivity index (χ3n) is 10.0. The summed E-state index contributed by atoms with van der Waals surface area (Å²) in [6.45, 7) is 8.40. The average Bonchev–Trinajstić information content (AvgIpc) is 2.98. The van der Waals surface area contributed by atoms with Gasteiger partial charge in [0.2, 0.25) is 0 Å². The molecule has 0 unspecified atom stereocenters. The van der Waals surface area contributed by atoms with E-state index in [2.05, 4.69) is 13.8 Å². The average molecular weight is 391 g/mol. The minimum atomic E-state index is -0.617. The van der Waals surface area contributed by atoms with Crippen molar-refractivity contribution in [1.82, 2.24) is 0 Å². The van der Waals surface area contributed by atoms with Crippen molar-refractivity contribution in [3.05, 3.63) is 0 Å². The van der Waals surface area contributed by atoms with Crippen molar-refractivity contribution >= 4 is 11.9 Å². The van der Waals surface area contributed by atoms with Gasteiger partial charge in [0, 0.05) is 6.92 Å². The van der Waals surface area contributed by atoms with Gasteiger partial charge in [-0.05, 0) is 98.2 Å². The molecule has 1 N–H and O–H groups in total. The molecule has 0 aromatic carbocycles. The highest BCUT2D eigenvalue weighted by Crippen LogP contribution is 2.68. The highest BCUT2D eigenvalue weighted by molar-refractivity contribution is 5.70. The Balaban J connectivity index is 1.52. The molecule has 4 heteroatoms. The first kappa shape index (κ1) is 20.2. The Labute approximate surface area is 169 Å². The Bertz CT molecular complexity index is 645. The number of hydrogen-bond donors (Lipinski definition) is 1. The molecule has 4 saturated carbocycles. The van der Waals surface area contributed by atoms with Crippen LogP contribution in [0.3, 0.4) is 0 Å². The quantitative estimate of drug-likeness (QED) is 0.664. The zero-order valence-electron chi connectivity index (χ0n) is 18.1. The highest BCUT2D eigenvalue weighted by Gasteiger charge is 2.61. The topological polar surface area (TPSA) is 63.6 Å². The number of aliphatic carboxylic acids is 1. The van der Waals surface area contributed by atoms with E-state index in [1.54, 1.807) is 0 Å². The Morgan fingerprint density at radius 3 is 2.32 bits per heavy atom. The maximum atomic E-state index is 11.7. The van der Waals surface area contributed by atoms with Gasteiger partial charge in [0.15, 0.2) is 0 Å². The Hall–Kier alpha value is -1.06. The molecule has 4 rings (SSSR count). The van der Waals surface area contributed by atoms with E-state index in [0.717, 1.165) is 31.1 Å². The number of rotatable bonds is 3. The largest absolute Gasteiger partial charge is 0.481 e. The second-order valence-corrected chi connectivity index (χ2v) is 11.0. The van der Waals surface area contributed by atoms with Crippen LogP contribution in [0, 0.1) is 46.3 Å². The van der Waals surface area contributed by atoms with Crippen LogP contribution in [0.2, 0.25) is 0 Å². The van der Waals surface area contributed by atoms with Crippen molar-refractivity contribution in [3.63, 3.8) is 0 Å². The number of ether oxygens (including phenoxy) is 1. The van der Waals surface area contributed by atoms with E-state index in [9.17, 15) is 14.7 Å². The second-order valence-electron chi connectivity index (χ2n) is 11.0. The molecule has 0 aromatic heterocycles. The van der Waals surface area contributed by atoms with Crippen LogP contribution in [0.25, 0.3) is 0 Å². The molecular formula is C24H38O4. The van der Waals surface area contributed by atoms with Crippen molar-refractivity contribution in [2.75, 3.05) is 0 Å². The lowest BCUT2D eigenvalue weighted by Crippen LogP contribution is -2.54. The highest BCUT2D eigenvalue weighted by atomic mass is 16.5. The molecule has 4 nitrogen and oxygen atoms in total. The molecule has 158 valence electrons. The van der Waals surface area contributed by atoms with Gasteiger partial charge >= 0.3 is 11.9 Å². The van der Waals surface area contributed by atoms with Crippen LogP contribution in [0.5, 0.6) is 0 Å². The van der Waals surface area contributed by atoms with E-state index in [0.29, 0.717) is 23.2 Å². The standard InChI is InChI=1S/C24H38O4/c1-14(22(26)27)19-7-8-20-18-6-5-16-13-17(28-15(2)25)9-11-23(16,3)21(18)10-12-24(19,20)4/h14,16-21H,5-13H2,1-4H3,(H,26,27)/t14-,16-,17+,18+,19-,20+,21+,23+,24-/m1/s1. The first-order chi connectivity index (χ1) is 13.2. The van der Waals surface area contributed by atoms with Gasteiger partial charge in [0.05, 0.1) is 5.92 Å². The number of esters is 1. The van der Waals surface area contributed by atoms with Gasteiger partial charge in [-0.25, -0.2) is 0 Å². The summed E-state index contributed by atoms with van der Waals surface area (Å²) in [7, 11) is 0. The number of carbonyl (C=O) groups is 2. The van der Waals surface area contributed by atoms with E-state index in [1.807, 2.05) is 6.92 Å². The van der Waals surface area contributed by atoms with Crippen molar-refractivity contribution < 1.29 is 19.4 Å². The summed E-state index contributed by atoms with van der Waals surface area (Å²) >= 11 is 0. The summed E-state index contributed by atoms with van der Waals surface area (Å²) in [5.41, 5.74) is 0.578. The minimum absolute atomic E-state index is 0.119. The maximum Gasteiger partial charge on any atom is 0.306 e. The molecule has 4 aliphatic rings. The van der Waals surface area contributed by atoms with Crippen molar-refractivity contribution in [2.24, 2.45) is 46.3 Å². The fourth-order valence-corrected chi connectivity index (χ4v) is 8.59. The van der Waals surface area contributed by atoms with E-state index in [-0.39, 0.29) is 23.4 Å². The molecule has 0 radical (unpaired) electrons. The first-order valence-corrected chi connectivity index (χ1v) is 11.6. The molecule has 0 amide bonds. The predicted octanol–water partition coefficient (Wildman–Crippen LogP) is 5.30. The van der Waals surface area contributed by atoms with E-state index >= 15 is 0 Å². The SMILES string of the molecule is CC(=O)O[C@H]1CC[C@@]2(C)[C@H](CC[C@@H]3[C@@H]2CC[C@]2(C)[C@@H]([C@@H](C)C(=O)O)CC[C@@H]32)C1. The molecule has 0 heterocycles. The molecule has 28 heavy (non-hydrogen) atoms. The van der Waals surface area contributed by atoms with Crippen LogP contribution in [0.1, 0.15) is 85.5 Å². The maximum absolute atomic E-state index is 11.7. The van der Waals surface area contributed by atoms with E-state index < -0.39 is 5.97 Å². The second kappa shape index (κ2) is 7.02. The lowest BCUT2D eigenvalue weighted by Gasteiger charge is -2.61. The van der Waals surface area contributed by atoms with Gasteiger partial charge in [-0.2, -0.15) is 0 Å².